The van der Waals surface area contributed by atoms with Gasteiger partial charge in [0.05, 0.1) is 0 Å². The van der Waals surface area contributed by atoms with Crippen LogP contribution in [0.3, 0.4) is 0 Å². The zero-order chi connectivity index (χ0) is 16.8. The third-order valence-electron chi connectivity index (χ3n) is 3.60. The number of rotatable bonds is 6. The molecule has 3 aromatic rings. The molecular weight excluding hydrogens is 320 g/mol. The Morgan fingerprint density at radius 3 is 2.54 bits per heavy atom. The van der Waals surface area contributed by atoms with E-state index in [-0.39, 0.29) is 0 Å². The topological polar surface area (TPSA) is 49.8 Å². The van der Waals surface area contributed by atoms with Crippen molar-refractivity contribution in [2.75, 3.05) is 17.2 Å². The first-order valence-corrected chi connectivity index (χ1v) is 8.21. The molecule has 2 aromatic carbocycles. The number of anilines is 3. The van der Waals surface area contributed by atoms with Crippen LogP contribution in [0.2, 0.25) is 5.02 Å². The van der Waals surface area contributed by atoms with Gasteiger partial charge >= 0.3 is 0 Å². The van der Waals surface area contributed by atoms with E-state index in [1.807, 2.05) is 36.4 Å². The van der Waals surface area contributed by atoms with Gasteiger partial charge in [0.15, 0.2) is 0 Å². The fourth-order valence-corrected chi connectivity index (χ4v) is 2.55. The van der Waals surface area contributed by atoms with Gasteiger partial charge in [0.2, 0.25) is 0 Å². The van der Waals surface area contributed by atoms with Crippen LogP contribution in [-0.4, -0.2) is 16.5 Å². The van der Waals surface area contributed by atoms with Crippen molar-refractivity contribution in [3.63, 3.8) is 0 Å². The lowest BCUT2D eigenvalue weighted by molar-refractivity contribution is 1.000. The van der Waals surface area contributed by atoms with E-state index in [1.54, 1.807) is 6.33 Å². The molecule has 0 amide bonds. The molecule has 0 radical (unpaired) electrons. The molecule has 4 nitrogen and oxygen atoms in total. The fraction of sp³-hybridized carbons (Fsp3) is 0.158. The van der Waals surface area contributed by atoms with Gasteiger partial charge in [0.25, 0.3) is 0 Å². The molecule has 0 unspecified atom stereocenters. The Morgan fingerprint density at radius 1 is 0.958 bits per heavy atom. The summed E-state index contributed by atoms with van der Waals surface area (Å²) in [6.07, 6.45) is 2.43. The number of nitrogens with zero attached hydrogens (tertiary/aromatic N) is 2. The van der Waals surface area contributed by atoms with Crippen LogP contribution in [0.4, 0.5) is 17.3 Å². The van der Waals surface area contributed by atoms with Crippen molar-refractivity contribution in [3.8, 4) is 0 Å². The molecular formula is C19H19ClN4. The first kappa shape index (κ1) is 16.3. The third kappa shape index (κ3) is 4.70. The molecule has 2 N–H and O–H groups in total. The highest BCUT2D eigenvalue weighted by Crippen LogP contribution is 2.17. The molecule has 1 aromatic heterocycles. The summed E-state index contributed by atoms with van der Waals surface area (Å²) >= 11 is 6.00. The monoisotopic (exact) mass is 338 g/mol. The summed E-state index contributed by atoms with van der Waals surface area (Å²) in [4.78, 5) is 8.51. The summed E-state index contributed by atoms with van der Waals surface area (Å²) in [5.74, 6) is 1.56. The summed E-state index contributed by atoms with van der Waals surface area (Å²) in [6.45, 7) is 2.84. The molecule has 0 aliphatic carbocycles. The highest BCUT2D eigenvalue weighted by molar-refractivity contribution is 6.30. The van der Waals surface area contributed by atoms with Gasteiger partial charge in [-0.05, 0) is 43.2 Å². The number of nitrogens with one attached hydrogen (secondary N) is 2. The fourth-order valence-electron chi connectivity index (χ4n) is 2.33. The average Bonchev–Trinajstić information content (AvgIpc) is 2.58. The molecule has 1 heterocycles. The molecule has 122 valence electrons. The Hall–Kier alpha value is -2.59. The second-order valence-electron chi connectivity index (χ2n) is 5.59. The van der Waals surface area contributed by atoms with Gasteiger partial charge in [-0.1, -0.05) is 41.4 Å². The third-order valence-corrected chi connectivity index (χ3v) is 3.83. The normalized spacial score (nSPS) is 10.4. The maximum absolute atomic E-state index is 6.00. The Kier molecular flexibility index (Phi) is 5.29. The lowest BCUT2D eigenvalue weighted by atomic mass is 10.1. The molecule has 0 aliphatic heterocycles. The molecule has 0 fully saturated rings. The summed E-state index contributed by atoms with van der Waals surface area (Å²) in [5.41, 5.74) is 3.43. The van der Waals surface area contributed by atoms with Crippen molar-refractivity contribution < 1.29 is 0 Å². The van der Waals surface area contributed by atoms with Crippen molar-refractivity contribution >= 4 is 28.9 Å². The minimum atomic E-state index is 0.763. The van der Waals surface area contributed by atoms with E-state index in [0.717, 1.165) is 35.3 Å². The van der Waals surface area contributed by atoms with Crippen LogP contribution in [0.25, 0.3) is 0 Å². The molecule has 24 heavy (non-hydrogen) atoms. The van der Waals surface area contributed by atoms with Gasteiger partial charge in [-0.2, -0.15) is 0 Å². The Morgan fingerprint density at radius 2 is 1.75 bits per heavy atom. The predicted octanol–water partition coefficient (Wildman–Crippen LogP) is 4.84. The van der Waals surface area contributed by atoms with Gasteiger partial charge in [0.1, 0.15) is 18.0 Å². The van der Waals surface area contributed by atoms with Crippen LogP contribution in [0.15, 0.2) is 60.9 Å². The molecule has 0 spiro atoms. The lowest BCUT2D eigenvalue weighted by Gasteiger charge is -2.09. The van der Waals surface area contributed by atoms with E-state index < -0.39 is 0 Å². The number of hydrogen-bond donors (Lipinski definition) is 2. The van der Waals surface area contributed by atoms with E-state index in [0.29, 0.717) is 0 Å². The molecule has 3 rings (SSSR count). The SMILES string of the molecule is Cc1ccc(Nc2cc(NCCc3cccc(Cl)c3)ncn2)cc1. The van der Waals surface area contributed by atoms with Crippen molar-refractivity contribution in [2.45, 2.75) is 13.3 Å². The van der Waals surface area contributed by atoms with Crippen molar-refractivity contribution in [2.24, 2.45) is 0 Å². The maximum atomic E-state index is 6.00. The summed E-state index contributed by atoms with van der Waals surface area (Å²) < 4.78 is 0. The molecule has 5 heteroatoms. The Labute approximate surface area is 146 Å². The number of benzene rings is 2. The minimum Gasteiger partial charge on any atom is -0.370 e. The van der Waals surface area contributed by atoms with Gasteiger partial charge in [-0.3, -0.25) is 0 Å². The summed E-state index contributed by atoms with van der Waals surface area (Å²) in [6, 6.07) is 18.0. The second-order valence-corrected chi connectivity index (χ2v) is 6.02. The Bertz CT molecular complexity index is 802. The molecule has 0 saturated heterocycles. The zero-order valence-electron chi connectivity index (χ0n) is 13.5. The Balaban J connectivity index is 1.57. The van der Waals surface area contributed by atoms with Crippen LogP contribution in [0.1, 0.15) is 11.1 Å². The lowest BCUT2D eigenvalue weighted by Crippen LogP contribution is -2.07. The smallest absolute Gasteiger partial charge is 0.135 e. The summed E-state index contributed by atoms with van der Waals surface area (Å²) in [7, 11) is 0. The summed E-state index contributed by atoms with van der Waals surface area (Å²) in [5, 5.41) is 7.36. The van der Waals surface area contributed by atoms with Crippen LogP contribution < -0.4 is 10.6 Å². The van der Waals surface area contributed by atoms with Crippen LogP contribution in [-0.2, 0) is 6.42 Å². The molecule has 0 aliphatic rings. The largest absolute Gasteiger partial charge is 0.370 e. The van der Waals surface area contributed by atoms with E-state index in [1.165, 1.54) is 11.1 Å². The van der Waals surface area contributed by atoms with Crippen molar-refractivity contribution in [1.29, 1.82) is 0 Å². The van der Waals surface area contributed by atoms with Gasteiger partial charge in [0, 0.05) is 23.3 Å². The van der Waals surface area contributed by atoms with E-state index in [2.05, 4.69) is 45.7 Å². The highest BCUT2D eigenvalue weighted by atomic mass is 35.5. The average molecular weight is 339 g/mol. The van der Waals surface area contributed by atoms with E-state index >= 15 is 0 Å². The number of hydrogen-bond acceptors (Lipinski definition) is 4. The van der Waals surface area contributed by atoms with Crippen LogP contribution in [0, 0.1) is 6.92 Å². The quantitative estimate of drug-likeness (QED) is 0.675. The zero-order valence-corrected chi connectivity index (χ0v) is 14.2. The number of aryl methyl sites for hydroxylation is 1. The van der Waals surface area contributed by atoms with E-state index in [4.69, 9.17) is 11.6 Å². The highest BCUT2D eigenvalue weighted by Gasteiger charge is 2.00. The minimum absolute atomic E-state index is 0.763. The molecule has 0 bridgehead atoms. The van der Waals surface area contributed by atoms with Gasteiger partial charge in [-0.15, -0.1) is 0 Å². The number of halogens is 1. The van der Waals surface area contributed by atoms with E-state index in [9.17, 15) is 0 Å². The van der Waals surface area contributed by atoms with Gasteiger partial charge in [-0.25, -0.2) is 9.97 Å². The maximum Gasteiger partial charge on any atom is 0.135 e. The first-order chi connectivity index (χ1) is 11.7. The van der Waals surface area contributed by atoms with Crippen LogP contribution >= 0.6 is 11.6 Å². The molecule has 0 saturated carbocycles. The van der Waals surface area contributed by atoms with Crippen molar-refractivity contribution in [1.82, 2.24) is 9.97 Å². The predicted molar refractivity (Wildman–Crippen MR) is 100 cm³/mol. The van der Waals surface area contributed by atoms with Crippen molar-refractivity contribution in [3.05, 3.63) is 77.1 Å². The standard InChI is InChI=1S/C19H19ClN4/c1-14-5-7-17(8-6-14)24-19-12-18(22-13-23-19)21-10-9-15-3-2-4-16(20)11-15/h2-8,11-13H,9-10H2,1H3,(H2,21,22,23,24). The second kappa shape index (κ2) is 7.79. The first-order valence-electron chi connectivity index (χ1n) is 7.83. The van der Waals surface area contributed by atoms with Gasteiger partial charge < -0.3 is 10.6 Å². The number of aromatic nitrogens is 2. The van der Waals surface area contributed by atoms with Crippen LogP contribution in [0.5, 0.6) is 0 Å². The molecule has 0 atom stereocenters.